The van der Waals surface area contributed by atoms with Crippen molar-refractivity contribution in [2.24, 2.45) is 11.7 Å². The molecule has 0 atom stereocenters. The summed E-state index contributed by atoms with van der Waals surface area (Å²) in [7, 11) is 1.47. The number of hydrogen-bond acceptors (Lipinski definition) is 7. The molecular formula is C24H37BN4O4. The van der Waals surface area contributed by atoms with Gasteiger partial charge in [-0.15, -0.1) is 0 Å². The zero-order valence-corrected chi connectivity index (χ0v) is 21.0. The van der Waals surface area contributed by atoms with Crippen LogP contribution in [0.15, 0.2) is 30.3 Å². The maximum absolute atomic E-state index is 8.94. The van der Waals surface area contributed by atoms with Crippen molar-refractivity contribution in [2.75, 3.05) is 12.1 Å². The van der Waals surface area contributed by atoms with Gasteiger partial charge in [-0.05, 0) is 82.8 Å². The number of benzene rings is 2. The van der Waals surface area contributed by atoms with Gasteiger partial charge in [-0.1, -0.05) is 18.2 Å². The van der Waals surface area contributed by atoms with E-state index >= 15 is 0 Å². The summed E-state index contributed by atoms with van der Waals surface area (Å²) in [6.07, 6.45) is 0.403. The zero-order valence-electron chi connectivity index (χ0n) is 21.0. The van der Waals surface area contributed by atoms with E-state index in [1.165, 1.54) is 0 Å². The molecule has 0 unspecified atom stereocenters. The van der Waals surface area contributed by atoms with Crippen LogP contribution in [0.25, 0.3) is 0 Å². The summed E-state index contributed by atoms with van der Waals surface area (Å²) in [6, 6.07) is 10.3. The van der Waals surface area contributed by atoms with Crippen molar-refractivity contribution in [2.45, 2.75) is 66.3 Å². The van der Waals surface area contributed by atoms with E-state index in [9.17, 15) is 0 Å². The monoisotopic (exact) mass is 456 g/mol. The summed E-state index contributed by atoms with van der Waals surface area (Å²) in [5.74, 6) is 11.3. The van der Waals surface area contributed by atoms with Gasteiger partial charge in [0.1, 0.15) is 12.4 Å². The summed E-state index contributed by atoms with van der Waals surface area (Å²) in [6.45, 7) is 14.9. The number of nitrogens with one attached hydrogen (secondary N) is 1. The second kappa shape index (κ2) is 10.6. The molecule has 1 fully saturated rings. The fourth-order valence-corrected chi connectivity index (χ4v) is 3.55. The lowest BCUT2D eigenvalue weighted by atomic mass is 9.75. The second-order valence-electron chi connectivity index (χ2n) is 9.32. The van der Waals surface area contributed by atoms with Crippen molar-refractivity contribution >= 4 is 24.7 Å². The molecule has 5 N–H and O–H groups in total. The van der Waals surface area contributed by atoms with E-state index in [4.69, 9.17) is 24.7 Å². The molecule has 0 bridgehead atoms. The molecule has 1 aliphatic rings. The highest BCUT2D eigenvalue weighted by atomic mass is 16.7. The molecule has 1 heterocycles. The van der Waals surface area contributed by atoms with Crippen molar-refractivity contribution in [3.05, 3.63) is 52.6 Å². The van der Waals surface area contributed by atoms with Crippen LogP contribution in [-0.2, 0) is 20.7 Å². The standard InChI is InChI=1S/C23H33BN2O3.CH4N2O/c1-15-10-9-11-20(26(8)25)18(15)14-27-21-13-16(2)19(12-17(21)3)24-28-22(4,5)23(6,7)29-24;2-3-1-4/h9-13H,14,25H2,1-8H3;1H,2H2,(H,3,4). The van der Waals surface area contributed by atoms with Crippen molar-refractivity contribution < 1.29 is 18.8 Å². The van der Waals surface area contributed by atoms with E-state index in [0.29, 0.717) is 13.0 Å². The Bertz CT molecular complexity index is 963. The third-order valence-electron chi connectivity index (χ3n) is 6.28. The average Bonchev–Trinajstić information content (AvgIpc) is 2.95. The first-order valence-electron chi connectivity index (χ1n) is 10.9. The summed E-state index contributed by atoms with van der Waals surface area (Å²) in [5.41, 5.74) is 7.43. The highest BCUT2D eigenvalue weighted by molar-refractivity contribution is 6.62. The Morgan fingerprint density at radius 1 is 1.06 bits per heavy atom. The molecule has 0 aliphatic carbocycles. The Labute approximate surface area is 197 Å². The largest absolute Gasteiger partial charge is 0.495 e. The van der Waals surface area contributed by atoms with Gasteiger partial charge in [0.25, 0.3) is 0 Å². The molecule has 0 radical (unpaired) electrons. The number of amides is 1. The van der Waals surface area contributed by atoms with Gasteiger partial charge < -0.3 is 19.1 Å². The molecule has 33 heavy (non-hydrogen) atoms. The van der Waals surface area contributed by atoms with E-state index in [1.807, 2.05) is 19.2 Å². The zero-order chi connectivity index (χ0) is 25.0. The lowest BCUT2D eigenvalue weighted by molar-refractivity contribution is -0.109. The Balaban J connectivity index is 0.000000890. The van der Waals surface area contributed by atoms with Crippen LogP contribution in [0.4, 0.5) is 5.69 Å². The van der Waals surface area contributed by atoms with Crippen LogP contribution in [0, 0.1) is 20.8 Å². The SMILES string of the molecule is Cc1cc(B2OC(C)(C)C(C)(C)O2)c(C)cc1OCc1c(C)cccc1N(C)N.NNC=O. The van der Waals surface area contributed by atoms with E-state index in [2.05, 4.69) is 72.5 Å². The average molecular weight is 456 g/mol. The fourth-order valence-electron chi connectivity index (χ4n) is 3.55. The van der Waals surface area contributed by atoms with E-state index in [1.54, 1.807) is 10.4 Å². The van der Waals surface area contributed by atoms with Crippen LogP contribution in [0.1, 0.15) is 49.9 Å². The minimum Gasteiger partial charge on any atom is -0.489 e. The maximum Gasteiger partial charge on any atom is 0.495 e. The first-order chi connectivity index (χ1) is 15.3. The van der Waals surface area contributed by atoms with Gasteiger partial charge in [-0.3, -0.25) is 10.2 Å². The maximum atomic E-state index is 8.94. The number of ether oxygens (including phenoxy) is 1. The molecule has 9 heteroatoms. The van der Waals surface area contributed by atoms with E-state index < -0.39 is 0 Å². The van der Waals surface area contributed by atoms with Crippen LogP contribution in [0.5, 0.6) is 5.75 Å². The molecule has 1 amide bonds. The summed E-state index contributed by atoms with van der Waals surface area (Å²) >= 11 is 0. The van der Waals surface area contributed by atoms with Crippen molar-refractivity contribution in [1.29, 1.82) is 0 Å². The van der Waals surface area contributed by atoms with Gasteiger partial charge in [0.15, 0.2) is 0 Å². The van der Waals surface area contributed by atoms with Crippen LogP contribution in [0.3, 0.4) is 0 Å². The lowest BCUT2D eigenvalue weighted by Gasteiger charge is -2.32. The molecule has 1 aliphatic heterocycles. The Morgan fingerprint density at radius 3 is 2.15 bits per heavy atom. The summed E-state index contributed by atoms with van der Waals surface area (Å²) < 4.78 is 18.7. The third-order valence-corrected chi connectivity index (χ3v) is 6.28. The molecule has 0 spiro atoms. The predicted octanol–water partition coefficient (Wildman–Crippen LogP) is 2.41. The first-order valence-corrected chi connectivity index (χ1v) is 10.9. The molecular weight excluding hydrogens is 419 g/mol. The van der Waals surface area contributed by atoms with Crippen LogP contribution < -0.4 is 32.3 Å². The molecule has 2 aromatic carbocycles. The van der Waals surface area contributed by atoms with Crippen molar-refractivity contribution in [3.63, 3.8) is 0 Å². The first kappa shape index (κ1) is 26.7. The third kappa shape index (κ3) is 6.06. The predicted molar refractivity (Wildman–Crippen MR) is 133 cm³/mol. The summed E-state index contributed by atoms with van der Waals surface area (Å²) in [4.78, 5) is 8.94. The number of carbonyl (C=O) groups excluding carboxylic acids is 1. The van der Waals surface area contributed by atoms with Crippen molar-refractivity contribution in [1.82, 2.24) is 5.43 Å². The molecule has 3 rings (SSSR count). The van der Waals surface area contributed by atoms with Gasteiger partial charge in [-0.2, -0.15) is 0 Å². The molecule has 2 aromatic rings. The Morgan fingerprint density at radius 2 is 1.64 bits per heavy atom. The molecule has 180 valence electrons. The van der Waals surface area contributed by atoms with Gasteiger partial charge in [0, 0.05) is 12.6 Å². The van der Waals surface area contributed by atoms with Gasteiger partial charge in [0.2, 0.25) is 6.41 Å². The highest BCUT2D eigenvalue weighted by Crippen LogP contribution is 2.37. The highest BCUT2D eigenvalue weighted by Gasteiger charge is 2.52. The fraction of sp³-hybridized carbons (Fsp3) is 0.458. The van der Waals surface area contributed by atoms with Crippen LogP contribution in [0.2, 0.25) is 0 Å². The number of rotatable bonds is 6. The van der Waals surface area contributed by atoms with Gasteiger partial charge >= 0.3 is 7.12 Å². The normalized spacial score (nSPS) is 16.0. The second-order valence-corrected chi connectivity index (χ2v) is 9.32. The number of nitrogens with two attached hydrogens (primary N) is 2. The molecule has 0 aromatic heterocycles. The number of hydrogen-bond donors (Lipinski definition) is 3. The van der Waals surface area contributed by atoms with Crippen LogP contribution >= 0.6 is 0 Å². The number of aryl methyl sites for hydroxylation is 3. The number of nitrogens with zero attached hydrogens (tertiary/aromatic N) is 1. The Kier molecular flexibility index (Phi) is 8.54. The van der Waals surface area contributed by atoms with Gasteiger partial charge in [-0.25, -0.2) is 11.7 Å². The molecule has 0 saturated carbocycles. The smallest absolute Gasteiger partial charge is 0.489 e. The van der Waals surface area contributed by atoms with Crippen LogP contribution in [-0.4, -0.2) is 31.8 Å². The topological polar surface area (TPSA) is 112 Å². The van der Waals surface area contributed by atoms with Crippen molar-refractivity contribution in [3.8, 4) is 5.75 Å². The quantitative estimate of drug-likeness (QED) is 0.201. The Hall–Kier alpha value is -2.59. The van der Waals surface area contributed by atoms with E-state index in [0.717, 1.165) is 39.2 Å². The van der Waals surface area contributed by atoms with Gasteiger partial charge in [0.05, 0.1) is 16.9 Å². The number of carbonyl (C=O) groups is 1. The molecule has 1 saturated heterocycles. The number of anilines is 1. The minimum atomic E-state index is -0.374. The van der Waals surface area contributed by atoms with E-state index in [-0.39, 0.29) is 18.3 Å². The molecule has 8 nitrogen and oxygen atoms in total. The summed E-state index contributed by atoms with van der Waals surface area (Å²) in [5, 5.41) is 1.63. The lowest BCUT2D eigenvalue weighted by Crippen LogP contribution is -2.41. The minimum absolute atomic E-state index is 0.358. The number of hydrazine groups is 2.